The first kappa shape index (κ1) is 19.2. The highest BCUT2D eigenvalue weighted by Crippen LogP contribution is 2.28. The van der Waals surface area contributed by atoms with Crippen molar-refractivity contribution in [2.75, 3.05) is 29.9 Å². The maximum Gasteiger partial charge on any atom is 0.251 e. The van der Waals surface area contributed by atoms with Gasteiger partial charge in [0.1, 0.15) is 0 Å². The molecule has 0 aromatic heterocycles. The third-order valence-electron chi connectivity index (χ3n) is 4.60. The van der Waals surface area contributed by atoms with Crippen LogP contribution in [0.1, 0.15) is 36.0 Å². The van der Waals surface area contributed by atoms with Gasteiger partial charge in [0.15, 0.2) is 0 Å². The number of hydrogen-bond donors (Lipinski definition) is 2. The van der Waals surface area contributed by atoms with Crippen molar-refractivity contribution in [2.45, 2.75) is 25.7 Å². The van der Waals surface area contributed by atoms with Gasteiger partial charge < -0.3 is 15.5 Å². The molecule has 1 saturated heterocycles. The van der Waals surface area contributed by atoms with Crippen molar-refractivity contribution in [1.29, 1.82) is 0 Å². The van der Waals surface area contributed by atoms with Gasteiger partial charge in [0, 0.05) is 36.6 Å². The van der Waals surface area contributed by atoms with E-state index >= 15 is 0 Å². The summed E-state index contributed by atoms with van der Waals surface area (Å²) in [5.41, 5.74) is 2.50. The number of carbonyl (C=O) groups is 2. The SMILES string of the molecule is O=C(CCCNC(=O)c1ccc(Cl)cc1)Nc1ccccc1N1CCCC1. The Hall–Kier alpha value is -2.53. The number of para-hydroxylation sites is 2. The number of anilines is 2. The largest absolute Gasteiger partial charge is 0.370 e. The van der Waals surface area contributed by atoms with Crippen LogP contribution < -0.4 is 15.5 Å². The van der Waals surface area contributed by atoms with Gasteiger partial charge in [-0.25, -0.2) is 0 Å². The maximum absolute atomic E-state index is 12.3. The standard InChI is InChI=1S/C21H24ClN3O2/c22-17-11-9-16(10-12-17)21(27)23-13-5-8-20(26)24-18-6-1-2-7-19(18)25-14-3-4-15-25/h1-2,6-7,9-12H,3-5,8,13-15H2,(H,23,27)(H,24,26). The minimum absolute atomic E-state index is 0.0395. The predicted molar refractivity (Wildman–Crippen MR) is 110 cm³/mol. The summed E-state index contributed by atoms with van der Waals surface area (Å²) in [6.45, 7) is 2.51. The smallest absolute Gasteiger partial charge is 0.251 e. The van der Waals surface area contributed by atoms with Gasteiger partial charge in [-0.3, -0.25) is 9.59 Å². The van der Waals surface area contributed by atoms with Crippen LogP contribution in [0.25, 0.3) is 0 Å². The third-order valence-corrected chi connectivity index (χ3v) is 4.85. The van der Waals surface area contributed by atoms with Crippen LogP contribution in [0.5, 0.6) is 0 Å². The molecule has 1 aliphatic heterocycles. The second-order valence-electron chi connectivity index (χ2n) is 6.63. The summed E-state index contributed by atoms with van der Waals surface area (Å²) in [6, 6.07) is 14.6. The highest BCUT2D eigenvalue weighted by molar-refractivity contribution is 6.30. The lowest BCUT2D eigenvalue weighted by atomic mass is 10.2. The van der Waals surface area contributed by atoms with Gasteiger partial charge in [-0.05, 0) is 55.7 Å². The molecule has 0 radical (unpaired) electrons. The van der Waals surface area contributed by atoms with E-state index in [1.165, 1.54) is 12.8 Å². The van der Waals surface area contributed by atoms with Gasteiger partial charge in [-0.2, -0.15) is 0 Å². The molecule has 2 aromatic rings. The molecule has 1 heterocycles. The van der Waals surface area contributed by atoms with Gasteiger partial charge in [-0.1, -0.05) is 23.7 Å². The fourth-order valence-electron chi connectivity index (χ4n) is 3.18. The number of carbonyl (C=O) groups excluding carboxylic acids is 2. The van der Waals surface area contributed by atoms with E-state index in [2.05, 4.69) is 15.5 Å². The number of nitrogens with zero attached hydrogens (tertiary/aromatic N) is 1. The van der Waals surface area contributed by atoms with Crippen LogP contribution in [-0.4, -0.2) is 31.4 Å². The Morgan fingerprint density at radius 2 is 1.70 bits per heavy atom. The quantitative estimate of drug-likeness (QED) is 0.705. The molecule has 0 spiro atoms. The highest BCUT2D eigenvalue weighted by Gasteiger charge is 2.16. The van der Waals surface area contributed by atoms with Crippen LogP contribution >= 0.6 is 11.6 Å². The highest BCUT2D eigenvalue weighted by atomic mass is 35.5. The Labute approximate surface area is 164 Å². The Kier molecular flexibility index (Phi) is 6.71. The van der Waals surface area contributed by atoms with Crippen molar-refractivity contribution >= 4 is 34.8 Å². The molecule has 6 heteroatoms. The fraction of sp³-hybridized carbons (Fsp3) is 0.333. The molecule has 0 saturated carbocycles. The topological polar surface area (TPSA) is 61.4 Å². The van der Waals surface area contributed by atoms with Crippen LogP contribution in [0.3, 0.4) is 0 Å². The van der Waals surface area contributed by atoms with E-state index in [0.717, 1.165) is 24.5 Å². The lowest BCUT2D eigenvalue weighted by Gasteiger charge is -2.21. The summed E-state index contributed by atoms with van der Waals surface area (Å²) in [4.78, 5) is 26.6. The van der Waals surface area contributed by atoms with Crippen molar-refractivity contribution < 1.29 is 9.59 Å². The van der Waals surface area contributed by atoms with Crippen molar-refractivity contribution in [2.24, 2.45) is 0 Å². The van der Waals surface area contributed by atoms with Crippen molar-refractivity contribution in [3.63, 3.8) is 0 Å². The zero-order valence-electron chi connectivity index (χ0n) is 15.2. The first-order chi connectivity index (χ1) is 13.1. The van der Waals surface area contributed by atoms with Gasteiger partial charge in [-0.15, -0.1) is 0 Å². The number of hydrogen-bond acceptors (Lipinski definition) is 3. The summed E-state index contributed by atoms with van der Waals surface area (Å²) in [6.07, 6.45) is 3.32. The number of nitrogens with one attached hydrogen (secondary N) is 2. The summed E-state index contributed by atoms with van der Waals surface area (Å²) in [7, 11) is 0. The maximum atomic E-state index is 12.3. The zero-order chi connectivity index (χ0) is 19.1. The lowest BCUT2D eigenvalue weighted by molar-refractivity contribution is -0.116. The van der Waals surface area contributed by atoms with Gasteiger partial charge in [0.25, 0.3) is 5.91 Å². The predicted octanol–water partition coefficient (Wildman–Crippen LogP) is 4.09. The monoisotopic (exact) mass is 385 g/mol. The van der Waals surface area contributed by atoms with E-state index < -0.39 is 0 Å². The molecular weight excluding hydrogens is 362 g/mol. The summed E-state index contributed by atoms with van der Waals surface area (Å²) in [5, 5.41) is 6.42. The zero-order valence-corrected chi connectivity index (χ0v) is 16.0. The van der Waals surface area contributed by atoms with E-state index in [1.807, 2.05) is 24.3 Å². The summed E-state index contributed by atoms with van der Waals surface area (Å²) >= 11 is 5.82. The van der Waals surface area contributed by atoms with Crippen LogP contribution in [0.15, 0.2) is 48.5 Å². The third kappa shape index (κ3) is 5.47. The Balaban J connectivity index is 1.44. The van der Waals surface area contributed by atoms with Crippen LogP contribution in [-0.2, 0) is 4.79 Å². The number of amides is 2. The molecule has 0 atom stereocenters. The average molecular weight is 386 g/mol. The normalized spacial score (nSPS) is 13.4. The number of benzene rings is 2. The minimum atomic E-state index is -0.161. The Morgan fingerprint density at radius 3 is 2.44 bits per heavy atom. The number of halogens is 1. The Morgan fingerprint density at radius 1 is 1.00 bits per heavy atom. The van der Waals surface area contributed by atoms with Gasteiger partial charge in [0.05, 0.1) is 11.4 Å². The van der Waals surface area contributed by atoms with Crippen LogP contribution in [0.2, 0.25) is 5.02 Å². The van der Waals surface area contributed by atoms with E-state index in [9.17, 15) is 9.59 Å². The van der Waals surface area contributed by atoms with Crippen molar-refractivity contribution in [3.8, 4) is 0 Å². The molecule has 1 fully saturated rings. The fourth-order valence-corrected chi connectivity index (χ4v) is 3.31. The van der Waals surface area contributed by atoms with E-state index in [1.54, 1.807) is 24.3 Å². The van der Waals surface area contributed by atoms with Gasteiger partial charge in [0.2, 0.25) is 5.91 Å². The van der Waals surface area contributed by atoms with Crippen LogP contribution in [0.4, 0.5) is 11.4 Å². The number of rotatable bonds is 7. The lowest BCUT2D eigenvalue weighted by Crippen LogP contribution is -2.25. The molecule has 0 aliphatic carbocycles. The first-order valence-electron chi connectivity index (χ1n) is 9.31. The Bertz CT molecular complexity index is 786. The van der Waals surface area contributed by atoms with Crippen LogP contribution in [0, 0.1) is 0 Å². The second kappa shape index (κ2) is 9.42. The molecule has 2 amide bonds. The molecule has 0 bridgehead atoms. The summed E-state index contributed by atoms with van der Waals surface area (Å²) in [5.74, 6) is -0.200. The average Bonchev–Trinajstić information content (AvgIpc) is 3.20. The minimum Gasteiger partial charge on any atom is -0.370 e. The second-order valence-corrected chi connectivity index (χ2v) is 7.06. The van der Waals surface area contributed by atoms with E-state index in [4.69, 9.17) is 11.6 Å². The molecule has 1 aliphatic rings. The molecule has 142 valence electrons. The molecule has 2 aromatic carbocycles. The van der Waals surface area contributed by atoms with Crippen molar-refractivity contribution in [1.82, 2.24) is 5.32 Å². The molecule has 0 unspecified atom stereocenters. The molecular formula is C21H24ClN3O2. The molecule has 3 rings (SSSR count). The molecule has 2 N–H and O–H groups in total. The van der Waals surface area contributed by atoms with E-state index in [0.29, 0.717) is 30.0 Å². The summed E-state index contributed by atoms with van der Waals surface area (Å²) < 4.78 is 0. The molecule has 5 nitrogen and oxygen atoms in total. The van der Waals surface area contributed by atoms with E-state index in [-0.39, 0.29) is 11.8 Å². The molecule has 27 heavy (non-hydrogen) atoms. The first-order valence-corrected chi connectivity index (χ1v) is 9.69. The van der Waals surface area contributed by atoms with Gasteiger partial charge >= 0.3 is 0 Å². The van der Waals surface area contributed by atoms with Crippen molar-refractivity contribution in [3.05, 3.63) is 59.1 Å².